The van der Waals surface area contributed by atoms with Crippen LogP contribution < -0.4 is 5.32 Å². The molecule has 0 bridgehead atoms. The van der Waals surface area contributed by atoms with Gasteiger partial charge in [0.15, 0.2) is 0 Å². The van der Waals surface area contributed by atoms with Crippen molar-refractivity contribution in [3.05, 3.63) is 17.9 Å². The van der Waals surface area contributed by atoms with Gasteiger partial charge in [-0.05, 0) is 11.6 Å². The Morgan fingerprint density at radius 1 is 1.35 bits per heavy atom. The molecule has 0 radical (unpaired) electrons. The first kappa shape index (κ1) is 13.2. The van der Waals surface area contributed by atoms with E-state index in [4.69, 9.17) is 21.1 Å². The quantitative estimate of drug-likeness (QED) is 0.837. The minimum Gasteiger partial charge on any atom is -0.376 e. The Morgan fingerprint density at radius 2 is 2.30 bits per heavy atom. The van der Waals surface area contributed by atoms with Crippen LogP contribution in [0.2, 0.25) is 5.28 Å². The SMILES string of the molecule is Clc1nc(NCC2COCCO2)nc(-n2cncn2)n1. The van der Waals surface area contributed by atoms with Crippen LogP contribution in [0.3, 0.4) is 0 Å². The van der Waals surface area contributed by atoms with Crippen molar-refractivity contribution >= 4 is 17.5 Å². The van der Waals surface area contributed by atoms with Gasteiger partial charge in [0.25, 0.3) is 5.95 Å². The molecule has 2 aromatic rings. The van der Waals surface area contributed by atoms with Gasteiger partial charge in [0.05, 0.1) is 25.9 Å². The van der Waals surface area contributed by atoms with Crippen molar-refractivity contribution in [2.45, 2.75) is 6.10 Å². The van der Waals surface area contributed by atoms with Crippen molar-refractivity contribution < 1.29 is 9.47 Å². The average Bonchev–Trinajstić information content (AvgIpc) is 3.00. The number of anilines is 1. The second-order valence-corrected chi connectivity index (χ2v) is 4.35. The van der Waals surface area contributed by atoms with Crippen molar-refractivity contribution in [1.82, 2.24) is 29.7 Å². The van der Waals surface area contributed by atoms with Crippen LogP contribution in [0, 0.1) is 0 Å². The van der Waals surface area contributed by atoms with Crippen LogP contribution in [0.25, 0.3) is 5.95 Å². The average molecular weight is 298 g/mol. The molecule has 1 unspecified atom stereocenters. The van der Waals surface area contributed by atoms with Crippen molar-refractivity contribution in [2.24, 2.45) is 0 Å². The Kier molecular flexibility index (Phi) is 4.00. The van der Waals surface area contributed by atoms with E-state index in [1.54, 1.807) is 0 Å². The fourth-order valence-electron chi connectivity index (χ4n) is 1.69. The summed E-state index contributed by atoms with van der Waals surface area (Å²) in [6.45, 7) is 2.29. The van der Waals surface area contributed by atoms with Crippen LogP contribution >= 0.6 is 11.6 Å². The molecule has 1 aliphatic rings. The summed E-state index contributed by atoms with van der Waals surface area (Å²) in [5.41, 5.74) is 0. The van der Waals surface area contributed by atoms with E-state index in [9.17, 15) is 0 Å². The molecule has 1 atom stereocenters. The maximum atomic E-state index is 5.87. The number of ether oxygens (including phenoxy) is 2. The summed E-state index contributed by atoms with van der Waals surface area (Å²) in [4.78, 5) is 16.0. The molecule has 0 saturated carbocycles. The van der Waals surface area contributed by atoms with Crippen LogP contribution in [-0.4, -0.2) is 62.2 Å². The van der Waals surface area contributed by atoms with E-state index < -0.39 is 0 Å². The maximum Gasteiger partial charge on any atom is 0.258 e. The molecule has 10 heteroatoms. The Morgan fingerprint density at radius 3 is 3.05 bits per heavy atom. The molecule has 1 aliphatic heterocycles. The lowest BCUT2D eigenvalue weighted by atomic mass is 10.3. The third-order valence-electron chi connectivity index (χ3n) is 2.59. The zero-order chi connectivity index (χ0) is 13.8. The van der Waals surface area contributed by atoms with Gasteiger partial charge in [0.2, 0.25) is 11.2 Å². The summed E-state index contributed by atoms with van der Waals surface area (Å²) in [5, 5.41) is 7.06. The minimum atomic E-state index is -0.0332. The first-order valence-electron chi connectivity index (χ1n) is 6.01. The zero-order valence-electron chi connectivity index (χ0n) is 10.4. The zero-order valence-corrected chi connectivity index (χ0v) is 11.2. The lowest BCUT2D eigenvalue weighted by Gasteiger charge is -2.23. The highest BCUT2D eigenvalue weighted by Crippen LogP contribution is 2.09. The second kappa shape index (κ2) is 6.07. The van der Waals surface area contributed by atoms with Crippen LogP contribution in [0.1, 0.15) is 0 Å². The highest BCUT2D eigenvalue weighted by molar-refractivity contribution is 6.28. The van der Waals surface area contributed by atoms with Gasteiger partial charge in [-0.25, -0.2) is 4.98 Å². The molecule has 3 heterocycles. The first-order chi connectivity index (χ1) is 9.81. The molecular formula is C10H12ClN7O2. The van der Waals surface area contributed by atoms with Crippen molar-refractivity contribution in [3.63, 3.8) is 0 Å². The van der Waals surface area contributed by atoms with Gasteiger partial charge in [-0.2, -0.15) is 24.7 Å². The summed E-state index contributed by atoms with van der Waals surface area (Å²) in [6, 6.07) is 0. The highest BCUT2D eigenvalue weighted by atomic mass is 35.5. The molecule has 0 spiro atoms. The molecule has 3 rings (SSSR count). The summed E-state index contributed by atoms with van der Waals surface area (Å²) in [5.74, 6) is 0.649. The minimum absolute atomic E-state index is 0.0332. The van der Waals surface area contributed by atoms with Gasteiger partial charge < -0.3 is 14.8 Å². The Bertz CT molecular complexity index is 559. The number of aromatic nitrogens is 6. The largest absolute Gasteiger partial charge is 0.376 e. The van der Waals surface area contributed by atoms with Gasteiger partial charge in [-0.3, -0.25) is 0 Å². The number of halogens is 1. The van der Waals surface area contributed by atoms with Gasteiger partial charge in [0, 0.05) is 6.54 Å². The Balaban J connectivity index is 1.69. The van der Waals surface area contributed by atoms with Gasteiger partial charge in [0.1, 0.15) is 12.7 Å². The predicted octanol–water partition coefficient (Wildman–Crippen LogP) is -0.0670. The molecule has 2 aromatic heterocycles. The molecule has 1 fully saturated rings. The van der Waals surface area contributed by atoms with Gasteiger partial charge in [-0.1, -0.05) is 0 Å². The number of nitrogens with zero attached hydrogens (tertiary/aromatic N) is 6. The Hall–Kier alpha value is -1.84. The fraction of sp³-hybridized carbons (Fsp3) is 0.500. The lowest BCUT2D eigenvalue weighted by molar-refractivity contribution is -0.0819. The molecule has 106 valence electrons. The molecular weight excluding hydrogens is 286 g/mol. The number of hydrogen-bond acceptors (Lipinski definition) is 8. The van der Waals surface area contributed by atoms with E-state index in [1.165, 1.54) is 17.3 Å². The smallest absolute Gasteiger partial charge is 0.258 e. The number of rotatable bonds is 4. The van der Waals surface area contributed by atoms with E-state index in [0.29, 0.717) is 38.3 Å². The predicted molar refractivity (Wildman–Crippen MR) is 68.8 cm³/mol. The fourth-order valence-corrected chi connectivity index (χ4v) is 1.85. The third-order valence-corrected chi connectivity index (χ3v) is 2.76. The first-order valence-corrected chi connectivity index (χ1v) is 6.39. The molecule has 0 aromatic carbocycles. The molecule has 20 heavy (non-hydrogen) atoms. The van der Waals surface area contributed by atoms with Crippen molar-refractivity contribution in [3.8, 4) is 5.95 Å². The monoisotopic (exact) mass is 297 g/mol. The van der Waals surface area contributed by atoms with E-state index >= 15 is 0 Å². The molecule has 1 N–H and O–H groups in total. The highest BCUT2D eigenvalue weighted by Gasteiger charge is 2.15. The molecule has 0 amide bonds. The molecule has 9 nitrogen and oxygen atoms in total. The summed E-state index contributed by atoms with van der Waals surface area (Å²) < 4.78 is 12.2. The topological polar surface area (TPSA) is 99.9 Å². The second-order valence-electron chi connectivity index (χ2n) is 4.02. The molecule has 1 saturated heterocycles. The third kappa shape index (κ3) is 3.18. The molecule has 0 aliphatic carbocycles. The van der Waals surface area contributed by atoms with Crippen LogP contribution in [0.5, 0.6) is 0 Å². The maximum absolute atomic E-state index is 5.87. The van der Waals surface area contributed by atoms with E-state index in [2.05, 4.69) is 30.4 Å². The van der Waals surface area contributed by atoms with Crippen molar-refractivity contribution in [1.29, 1.82) is 0 Å². The number of hydrogen-bond donors (Lipinski definition) is 1. The lowest BCUT2D eigenvalue weighted by Crippen LogP contribution is -2.34. The van der Waals surface area contributed by atoms with Crippen LogP contribution in [0.4, 0.5) is 5.95 Å². The van der Waals surface area contributed by atoms with E-state index in [-0.39, 0.29) is 11.4 Å². The standard InChI is InChI=1S/C10H12ClN7O2/c11-8-15-9(13-3-7-4-19-1-2-20-7)17-10(16-8)18-6-12-5-14-18/h5-7H,1-4H2,(H,13,15,16,17). The Labute approximate surface area is 119 Å². The summed E-state index contributed by atoms with van der Waals surface area (Å²) >= 11 is 5.87. The van der Waals surface area contributed by atoms with Gasteiger partial charge in [-0.15, -0.1) is 0 Å². The van der Waals surface area contributed by atoms with E-state index in [0.717, 1.165) is 0 Å². The van der Waals surface area contributed by atoms with E-state index in [1.807, 2.05) is 0 Å². The summed E-state index contributed by atoms with van der Waals surface area (Å²) in [7, 11) is 0. The van der Waals surface area contributed by atoms with Gasteiger partial charge >= 0.3 is 0 Å². The van der Waals surface area contributed by atoms with Crippen molar-refractivity contribution in [2.75, 3.05) is 31.7 Å². The van der Waals surface area contributed by atoms with Crippen LogP contribution in [0.15, 0.2) is 12.7 Å². The van der Waals surface area contributed by atoms with Crippen LogP contribution in [-0.2, 0) is 9.47 Å². The summed E-state index contributed by atoms with van der Waals surface area (Å²) in [6.07, 6.45) is 2.83. The number of nitrogens with one attached hydrogen (secondary N) is 1. The normalized spacial score (nSPS) is 18.9.